The molecule has 2 aliphatic rings. The van der Waals surface area contributed by atoms with Crippen molar-refractivity contribution < 1.29 is 9.53 Å². The average Bonchev–Trinajstić information content (AvgIpc) is 2.69. The molecule has 120 valence electrons. The van der Waals surface area contributed by atoms with Gasteiger partial charge >= 0.3 is 140 Å². The van der Waals surface area contributed by atoms with E-state index >= 15 is 0 Å². The van der Waals surface area contributed by atoms with E-state index in [9.17, 15) is 4.79 Å². The second kappa shape index (κ2) is 5.84. The molecule has 2 fully saturated rings. The van der Waals surface area contributed by atoms with Crippen LogP contribution in [-0.2, 0) is 4.74 Å². The van der Waals surface area contributed by atoms with Crippen molar-refractivity contribution >= 4 is 27.4 Å². The van der Waals surface area contributed by atoms with Crippen LogP contribution in [0.25, 0.3) is 0 Å². The molecule has 0 N–H and O–H groups in total. The molecule has 3 unspecified atom stereocenters. The molecule has 0 aromatic carbocycles. The summed E-state index contributed by atoms with van der Waals surface area (Å²) in [5.74, 6) is 0.414. The fourth-order valence-corrected chi connectivity index (χ4v) is 3.92. The van der Waals surface area contributed by atoms with Crippen LogP contribution >= 0.6 is 0 Å². The van der Waals surface area contributed by atoms with E-state index in [2.05, 4.69) is 16.3 Å². The molecule has 0 radical (unpaired) electrons. The van der Waals surface area contributed by atoms with E-state index in [0.29, 0.717) is 5.92 Å². The van der Waals surface area contributed by atoms with Gasteiger partial charge in [0, 0.05) is 0 Å². The third-order valence-electron chi connectivity index (χ3n) is 4.46. The van der Waals surface area contributed by atoms with Crippen LogP contribution in [0.5, 0.6) is 0 Å². The molecule has 3 rings (SSSR count). The molecule has 2 aliphatic heterocycles. The van der Waals surface area contributed by atoms with Crippen LogP contribution in [0.1, 0.15) is 58.1 Å². The van der Waals surface area contributed by atoms with E-state index in [1.807, 2.05) is 31.7 Å². The molecule has 3 atom stereocenters. The van der Waals surface area contributed by atoms with Crippen molar-refractivity contribution in [1.29, 1.82) is 0 Å². The van der Waals surface area contributed by atoms with Crippen molar-refractivity contribution in [2.45, 2.75) is 70.1 Å². The van der Waals surface area contributed by atoms with Crippen molar-refractivity contribution in [2.75, 3.05) is 0 Å². The molecule has 0 aliphatic carbocycles. The summed E-state index contributed by atoms with van der Waals surface area (Å²) in [5.41, 5.74) is 0.638. The Hall–Kier alpha value is -1.09. The Morgan fingerprint density at radius 1 is 1.23 bits per heavy atom. The van der Waals surface area contributed by atoms with Gasteiger partial charge in [0.25, 0.3) is 0 Å². The van der Waals surface area contributed by atoms with E-state index in [-0.39, 0.29) is 18.2 Å². The maximum atomic E-state index is 12.4. The molecular weight excluding hydrogens is 341 g/mol. The van der Waals surface area contributed by atoms with Gasteiger partial charge in [-0.1, -0.05) is 0 Å². The standard InChI is InChI=1S/C16H24AsN3O2/c1-16(2,3)22-15(21)20-11-4-5-12(20)9-10(8-11)13-6-7-14(17)19-18-13/h6-7,10-12H,4-5,8-9,17H2,1-3H3. The molecule has 0 saturated carbocycles. The van der Waals surface area contributed by atoms with Crippen LogP contribution in [-0.4, -0.2) is 55.7 Å². The van der Waals surface area contributed by atoms with E-state index in [0.717, 1.165) is 35.9 Å². The summed E-state index contributed by atoms with van der Waals surface area (Å²) in [6, 6.07) is 4.71. The van der Waals surface area contributed by atoms with Gasteiger partial charge in [-0.2, -0.15) is 0 Å². The number of piperidine rings is 1. The van der Waals surface area contributed by atoms with Gasteiger partial charge in [0.2, 0.25) is 0 Å². The first-order valence-corrected chi connectivity index (χ1v) is 9.15. The number of carbonyl (C=O) groups is 1. The summed E-state index contributed by atoms with van der Waals surface area (Å²) in [4.78, 5) is 14.4. The molecule has 6 heteroatoms. The number of hydrogen-bond donors (Lipinski definition) is 0. The Kier molecular flexibility index (Phi) is 4.19. The number of rotatable bonds is 1. The normalized spacial score (nSPS) is 27.8. The molecule has 22 heavy (non-hydrogen) atoms. The van der Waals surface area contributed by atoms with Crippen LogP contribution in [0, 0.1) is 0 Å². The number of nitrogens with zero attached hydrogens (tertiary/aromatic N) is 3. The first-order valence-electron chi connectivity index (χ1n) is 7.94. The van der Waals surface area contributed by atoms with Gasteiger partial charge in [0.15, 0.2) is 0 Å². The Morgan fingerprint density at radius 3 is 2.36 bits per heavy atom. The van der Waals surface area contributed by atoms with Gasteiger partial charge in [0.05, 0.1) is 0 Å². The van der Waals surface area contributed by atoms with Gasteiger partial charge in [-0.15, -0.1) is 0 Å². The average molecular weight is 365 g/mol. The van der Waals surface area contributed by atoms with Crippen LogP contribution in [0.15, 0.2) is 12.1 Å². The summed E-state index contributed by atoms with van der Waals surface area (Å²) in [6.07, 6.45) is 3.93. The molecule has 2 saturated heterocycles. The van der Waals surface area contributed by atoms with E-state index in [1.165, 1.54) is 16.9 Å². The number of amides is 1. The number of aromatic nitrogens is 2. The molecule has 1 amide bonds. The summed E-state index contributed by atoms with van der Waals surface area (Å²) >= 11 is 1.49. The van der Waals surface area contributed by atoms with Crippen LogP contribution in [0.3, 0.4) is 0 Å². The number of hydrogen-bond acceptors (Lipinski definition) is 4. The van der Waals surface area contributed by atoms with Crippen LogP contribution in [0.2, 0.25) is 0 Å². The van der Waals surface area contributed by atoms with Gasteiger partial charge in [0.1, 0.15) is 0 Å². The molecule has 0 spiro atoms. The van der Waals surface area contributed by atoms with Gasteiger partial charge in [-0.05, 0) is 0 Å². The zero-order valence-electron chi connectivity index (χ0n) is 13.5. The Labute approximate surface area is 140 Å². The van der Waals surface area contributed by atoms with Crippen molar-refractivity contribution in [1.82, 2.24) is 15.1 Å². The fraction of sp³-hybridized carbons (Fsp3) is 0.688. The maximum absolute atomic E-state index is 12.4. The van der Waals surface area contributed by atoms with Crippen molar-refractivity contribution in [3.8, 4) is 0 Å². The van der Waals surface area contributed by atoms with E-state index < -0.39 is 5.60 Å². The first kappa shape index (κ1) is 15.8. The monoisotopic (exact) mass is 365 g/mol. The zero-order chi connectivity index (χ0) is 15.9. The fourth-order valence-electron chi connectivity index (χ4n) is 3.60. The Balaban J connectivity index is 1.71. The molecule has 1 aromatic rings. The van der Waals surface area contributed by atoms with Crippen LogP contribution in [0.4, 0.5) is 4.79 Å². The quantitative estimate of drug-likeness (QED) is 0.706. The second-order valence-electron chi connectivity index (χ2n) is 7.32. The van der Waals surface area contributed by atoms with Gasteiger partial charge < -0.3 is 0 Å². The number of fused-ring (bicyclic) bond motifs is 2. The molecule has 2 bridgehead atoms. The third kappa shape index (κ3) is 3.29. The minimum absolute atomic E-state index is 0.156. The Morgan fingerprint density at radius 2 is 1.86 bits per heavy atom. The summed E-state index contributed by atoms with van der Waals surface area (Å²) in [6.45, 7) is 5.76. The topological polar surface area (TPSA) is 55.3 Å². The molecular formula is C16H24AsN3O2. The van der Waals surface area contributed by atoms with Crippen LogP contribution < -0.4 is 4.48 Å². The minimum atomic E-state index is -0.433. The molecule has 1 aromatic heterocycles. The number of ether oxygens (including phenoxy) is 1. The Bertz CT molecular complexity index is 542. The van der Waals surface area contributed by atoms with Gasteiger partial charge in [-0.25, -0.2) is 0 Å². The SMILES string of the molecule is CC(C)(C)OC(=O)N1C2CCC1CC(c1ccc([AsH2])nn1)C2. The van der Waals surface area contributed by atoms with E-state index in [4.69, 9.17) is 4.74 Å². The molecule has 3 heterocycles. The second-order valence-corrected chi connectivity index (χ2v) is 8.57. The third-order valence-corrected chi connectivity index (χ3v) is 5.11. The van der Waals surface area contributed by atoms with Crippen molar-refractivity contribution in [3.63, 3.8) is 0 Å². The van der Waals surface area contributed by atoms with Crippen molar-refractivity contribution in [3.05, 3.63) is 17.8 Å². The summed E-state index contributed by atoms with van der Waals surface area (Å²) in [5, 5.41) is 8.56. The molecule has 5 nitrogen and oxygen atoms in total. The first-order chi connectivity index (χ1) is 10.3. The van der Waals surface area contributed by atoms with E-state index in [1.54, 1.807) is 0 Å². The zero-order valence-corrected chi connectivity index (χ0v) is 15.9. The predicted molar refractivity (Wildman–Crippen MR) is 87.1 cm³/mol. The predicted octanol–water partition coefficient (Wildman–Crippen LogP) is 1.38. The number of carbonyl (C=O) groups excluding carboxylic acids is 1. The van der Waals surface area contributed by atoms with Crippen molar-refractivity contribution in [2.24, 2.45) is 0 Å². The summed E-state index contributed by atoms with van der Waals surface area (Å²) in [7, 11) is 0. The summed E-state index contributed by atoms with van der Waals surface area (Å²) < 4.78 is 6.58. The van der Waals surface area contributed by atoms with Gasteiger partial charge in [-0.3, -0.25) is 0 Å².